The monoisotopic (exact) mass is 249 g/mol. The summed E-state index contributed by atoms with van der Waals surface area (Å²) >= 11 is 0. The van der Waals surface area contributed by atoms with E-state index in [4.69, 9.17) is 0 Å². The van der Waals surface area contributed by atoms with Gasteiger partial charge < -0.3 is 0 Å². The lowest BCUT2D eigenvalue weighted by molar-refractivity contribution is 0.529. The van der Waals surface area contributed by atoms with E-state index in [0.29, 0.717) is 0 Å². The summed E-state index contributed by atoms with van der Waals surface area (Å²) in [5.41, 5.74) is -0.299. The fourth-order valence-corrected chi connectivity index (χ4v) is 2.60. The van der Waals surface area contributed by atoms with Gasteiger partial charge in [-0.15, -0.1) is 0 Å². The lowest BCUT2D eigenvalue weighted by atomic mass is 10.2. The highest BCUT2D eigenvalue weighted by Crippen LogP contribution is 2.20. The first-order chi connectivity index (χ1) is 7.25. The van der Waals surface area contributed by atoms with Crippen LogP contribution in [0.4, 0.5) is 8.78 Å². The van der Waals surface area contributed by atoms with Crippen LogP contribution in [0.5, 0.6) is 0 Å². The molecule has 0 radical (unpaired) electrons. The molecule has 0 aromatic heterocycles. The molecule has 0 atom stereocenters. The van der Waals surface area contributed by atoms with Gasteiger partial charge in [0.15, 0.2) is 0 Å². The lowest BCUT2D eigenvalue weighted by Crippen LogP contribution is -2.31. The molecule has 1 aromatic rings. The molecule has 0 fully saturated rings. The normalized spacial score (nSPS) is 12.1. The van der Waals surface area contributed by atoms with Crippen LogP contribution in [-0.4, -0.2) is 14.5 Å². The molecule has 1 rings (SSSR count). The minimum Gasteiger partial charge on any atom is -0.209 e. The van der Waals surface area contributed by atoms with E-state index in [1.807, 2.05) is 0 Å². The molecular formula is C10H13F2NO2S. The van der Waals surface area contributed by atoms with Crippen molar-refractivity contribution in [3.63, 3.8) is 0 Å². The first-order valence-electron chi connectivity index (χ1n) is 4.72. The van der Waals surface area contributed by atoms with Crippen molar-refractivity contribution < 1.29 is 17.2 Å². The SMILES string of the molecule is Cc1c(F)ccc(S(=O)(=O)NC(C)C)c1F. The number of hydrogen-bond acceptors (Lipinski definition) is 2. The van der Waals surface area contributed by atoms with E-state index in [-0.39, 0.29) is 11.6 Å². The number of benzene rings is 1. The van der Waals surface area contributed by atoms with E-state index in [2.05, 4.69) is 4.72 Å². The van der Waals surface area contributed by atoms with Crippen LogP contribution in [0, 0.1) is 18.6 Å². The molecule has 0 heterocycles. The van der Waals surface area contributed by atoms with Crippen molar-refractivity contribution >= 4 is 10.0 Å². The second-order valence-electron chi connectivity index (χ2n) is 3.76. The Morgan fingerprint density at radius 3 is 2.31 bits per heavy atom. The van der Waals surface area contributed by atoms with Gasteiger partial charge in [0.25, 0.3) is 0 Å². The van der Waals surface area contributed by atoms with E-state index >= 15 is 0 Å². The van der Waals surface area contributed by atoms with Gasteiger partial charge in [0.1, 0.15) is 16.5 Å². The maximum atomic E-state index is 13.5. The molecule has 0 unspecified atom stereocenters. The minimum atomic E-state index is -3.92. The summed E-state index contributed by atoms with van der Waals surface area (Å²) in [5, 5.41) is 0. The van der Waals surface area contributed by atoms with Crippen LogP contribution in [0.15, 0.2) is 17.0 Å². The molecule has 1 N–H and O–H groups in total. The van der Waals surface area contributed by atoms with Gasteiger partial charge in [0.05, 0.1) is 0 Å². The Morgan fingerprint density at radius 2 is 1.81 bits per heavy atom. The molecule has 0 saturated heterocycles. The molecule has 0 spiro atoms. The average Bonchev–Trinajstić information content (AvgIpc) is 2.11. The quantitative estimate of drug-likeness (QED) is 0.890. The van der Waals surface area contributed by atoms with Crippen molar-refractivity contribution in [2.75, 3.05) is 0 Å². The molecule has 6 heteroatoms. The highest BCUT2D eigenvalue weighted by Gasteiger charge is 2.22. The summed E-state index contributed by atoms with van der Waals surface area (Å²) in [6.07, 6.45) is 0. The second kappa shape index (κ2) is 4.47. The van der Waals surface area contributed by atoms with E-state index in [1.165, 1.54) is 6.92 Å². The van der Waals surface area contributed by atoms with Gasteiger partial charge in [-0.05, 0) is 32.9 Å². The van der Waals surface area contributed by atoms with Gasteiger partial charge in [-0.2, -0.15) is 0 Å². The second-order valence-corrected chi connectivity index (χ2v) is 5.44. The molecule has 1 aromatic carbocycles. The summed E-state index contributed by atoms with van der Waals surface area (Å²) in [4.78, 5) is -0.528. The topological polar surface area (TPSA) is 46.2 Å². The first-order valence-corrected chi connectivity index (χ1v) is 6.21. The molecule has 3 nitrogen and oxygen atoms in total. The molecule has 0 aliphatic carbocycles. The maximum Gasteiger partial charge on any atom is 0.243 e. The molecular weight excluding hydrogens is 236 g/mol. The summed E-state index contributed by atoms with van der Waals surface area (Å²) in [7, 11) is -3.92. The Labute approximate surface area is 93.5 Å². The Balaban J connectivity index is 3.30. The maximum absolute atomic E-state index is 13.5. The molecule has 90 valence electrons. The molecule has 0 aliphatic heterocycles. The van der Waals surface area contributed by atoms with Crippen molar-refractivity contribution in [1.82, 2.24) is 4.72 Å². The largest absolute Gasteiger partial charge is 0.243 e. The highest BCUT2D eigenvalue weighted by molar-refractivity contribution is 7.89. The summed E-state index contributed by atoms with van der Waals surface area (Å²) in [6.45, 7) is 4.43. The average molecular weight is 249 g/mol. The van der Waals surface area contributed by atoms with E-state index in [0.717, 1.165) is 12.1 Å². The highest BCUT2D eigenvalue weighted by atomic mass is 32.2. The Hall–Kier alpha value is -1.01. The van der Waals surface area contributed by atoms with Gasteiger partial charge in [-0.25, -0.2) is 21.9 Å². The zero-order chi connectivity index (χ0) is 12.5. The van der Waals surface area contributed by atoms with Crippen LogP contribution < -0.4 is 4.72 Å². The van der Waals surface area contributed by atoms with Crippen molar-refractivity contribution in [3.05, 3.63) is 29.3 Å². The third-order valence-electron chi connectivity index (χ3n) is 1.97. The molecule has 0 amide bonds. The third-order valence-corrected chi connectivity index (χ3v) is 3.64. The minimum absolute atomic E-state index is 0.299. The van der Waals surface area contributed by atoms with Crippen molar-refractivity contribution in [1.29, 1.82) is 0 Å². The Bertz CT molecular complexity index is 498. The van der Waals surface area contributed by atoms with Crippen LogP contribution in [0.2, 0.25) is 0 Å². The van der Waals surface area contributed by atoms with Gasteiger partial charge >= 0.3 is 0 Å². The predicted molar refractivity (Wildman–Crippen MR) is 56.6 cm³/mol. The predicted octanol–water partition coefficient (Wildman–Crippen LogP) is 1.96. The number of halogens is 2. The summed E-state index contributed by atoms with van der Waals surface area (Å²) in [6, 6.07) is 1.50. The fourth-order valence-electron chi connectivity index (χ4n) is 1.22. The summed E-state index contributed by atoms with van der Waals surface area (Å²) < 4.78 is 52.0. The summed E-state index contributed by atoms with van der Waals surface area (Å²) in [5.74, 6) is -1.81. The van der Waals surface area contributed by atoms with E-state index in [1.54, 1.807) is 13.8 Å². The third kappa shape index (κ3) is 2.56. The number of nitrogens with one attached hydrogen (secondary N) is 1. The van der Waals surface area contributed by atoms with Gasteiger partial charge in [-0.3, -0.25) is 0 Å². The van der Waals surface area contributed by atoms with Crippen molar-refractivity contribution in [2.45, 2.75) is 31.7 Å². The van der Waals surface area contributed by atoms with E-state index < -0.39 is 26.6 Å². The zero-order valence-corrected chi connectivity index (χ0v) is 10.0. The van der Waals surface area contributed by atoms with Crippen molar-refractivity contribution in [2.24, 2.45) is 0 Å². The van der Waals surface area contributed by atoms with Crippen LogP contribution >= 0.6 is 0 Å². The Kier molecular flexibility index (Phi) is 3.64. The van der Waals surface area contributed by atoms with Crippen LogP contribution in [0.25, 0.3) is 0 Å². The Morgan fingerprint density at radius 1 is 1.25 bits per heavy atom. The van der Waals surface area contributed by atoms with Gasteiger partial charge in [0, 0.05) is 11.6 Å². The van der Waals surface area contributed by atoms with Crippen LogP contribution in [0.3, 0.4) is 0 Å². The molecule has 0 saturated carbocycles. The molecule has 0 bridgehead atoms. The number of hydrogen-bond donors (Lipinski definition) is 1. The lowest BCUT2D eigenvalue weighted by Gasteiger charge is -2.11. The van der Waals surface area contributed by atoms with Crippen molar-refractivity contribution in [3.8, 4) is 0 Å². The number of sulfonamides is 1. The fraction of sp³-hybridized carbons (Fsp3) is 0.400. The van der Waals surface area contributed by atoms with E-state index in [9.17, 15) is 17.2 Å². The smallest absolute Gasteiger partial charge is 0.209 e. The first kappa shape index (κ1) is 13.1. The van der Waals surface area contributed by atoms with Gasteiger partial charge in [-0.1, -0.05) is 0 Å². The zero-order valence-electron chi connectivity index (χ0n) is 9.21. The number of rotatable bonds is 3. The van der Waals surface area contributed by atoms with Crippen LogP contribution in [-0.2, 0) is 10.0 Å². The standard InChI is InChI=1S/C10H13F2NO2S/c1-6(2)13-16(14,15)9-5-4-8(11)7(3)10(9)12/h4-6,13H,1-3H3. The molecule has 0 aliphatic rings. The van der Waals surface area contributed by atoms with Gasteiger partial charge in [0.2, 0.25) is 10.0 Å². The molecule has 16 heavy (non-hydrogen) atoms. The van der Waals surface area contributed by atoms with Crippen LogP contribution in [0.1, 0.15) is 19.4 Å².